The van der Waals surface area contributed by atoms with Crippen LogP contribution in [0.1, 0.15) is 12.5 Å². The number of ether oxygens (including phenoxy) is 2. The van der Waals surface area contributed by atoms with E-state index < -0.39 is 0 Å². The molecular weight excluding hydrogens is 354 g/mol. The average molecular weight is 385 g/mol. The number of benzene rings is 2. The highest BCUT2D eigenvalue weighted by molar-refractivity contribution is 5.79. The van der Waals surface area contributed by atoms with Crippen LogP contribution in [0.3, 0.4) is 0 Å². The number of anilines is 1. The molecule has 1 atom stereocenters. The molecule has 1 amide bonds. The van der Waals surface area contributed by atoms with Crippen LogP contribution in [-0.4, -0.2) is 52.3 Å². The van der Waals surface area contributed by atoms with Gasteiger partial charge in [0.15, 0.2) is 6.04 Å². The molecule has 2 aromatic carbocycles. The molecule has 0 spiro atoms. The fourth-order valence-electron chi connectivity index (χ4n) is 3.55. The summed E-state index contributed by atoms with van der Waals surface area (Å²) in [7, 11) is 3.33. The Balaban J connectivity index is 1.46. The Labute approximate surface area is 167 Å². The van der Waals surface area contributed by atoms with Gasteiger partial charge in [0.1, 0.15) is 11.5 Å². The molecule has 6 heteroatoms. The van der Waals surface area contributed by atoms with E-state index in [1.165, 1.54) is 10.6 Å². The summed E-state index contributed by atoms with van der Waals surface area (Å²) in [5, 5.41) is 3.06. The topological polar surface area (TPSA) is 55.2 Å². The lowest BCUT2D eigenvalue weighted by Crippen LogP contribution is -3.19. The van der Waals surface area contributed by atoms with Crippen LogP contribution in [0.5, 0.6) is 11.5 Å². The van der Waals surface area contributed by atoms with E-state index in [2.05, 4.69) is 22.3 Å². The zero-order valence-electron chi connectivity index (χ0n) is 16.9. The molecule has 0 radical (unpaired) electrons. The summed E-state index contributed by atoms with van der Waals surface area (Å²) >= 11 is 0. The van der Waals surface area contributed by atoms with Crippen LogP contribution in [0, 0.1) is 0 Å². The minimum Gasteiger partial charge on any atom is -0.497 e. The fourth-order valence-corrected chi connectivity index (χ4v) is 3.55. The second-order valence-electron chi connectivity index (χ2n) is 7.13. The van der Waals surface area contributed by atoms with Gasteiger partial charge in [0.25, 0.3) is 5.91 Å². The highest BCUT2D eigenvalue weighted by atomic mass is 16.5. The average Bonchev–Trinajstić information content (AvgIpc) is 2.77. The molecule has 2 aromatic rings. The number of carbonyl (C=O) groups is 1. The van der Waals surface area contributed by atoms with E-state index in [9.17, 15) is 4.79 Å². The van der Waals surface area contributed by atoms with E-state index >= 15 is 0 Å². The smallest absolute Gasteiger partial charge is 0.278 e. The Morgan fingerprint density at radius 1 is 1.00 bits per heavy atom. The highest BCUT2D eigenvalue weighted by Gasteiger charge is 2.29. The summed E-state index contributed by atoms with van der Waals surface area (Å²) < 4.78 is 10.4. The molecule has 28 heavy (non-hydrogen) atoms. The standard InChI is InChI=1S/C22H29N3O3/c1-17(22(26)23-16-18-4-8-20(27-2)9-5-18)24-12-14-25(15-13-24)19-6-10-21(28-3)11-7-19/h4-11,17H,12-16H2,1-3H3,(H,23,26)/p+1/t17-/m1/s1. The van der Waals surface area contributed by atoms with Crippen molar-refractivity contribution in [2.24, 2.45) is 0 Å². The first-order valence-electron chi connectivity index (χ1n) is 9.75. The molecule has 3 rings (SSSR count). The molecule has 0 saturated carbocycles. The third kappa shape index (κ3) is 4.95. The molecule has 0 unspecified atom stereocenters. The monoisotopic (exact) mass is 384 g/mol. The molecular formula is C22H30N3O3+. The van der Waals surface area contributed by atoms with Gasteiger partial charge in [-0.05, 0) is 48.9 Å². The quantitative estimate of drug-likeness (QED) is 0.751. The van der Waals surface area contributed by atoms with Crippen LogP contribution in [0.15, 0.2) is 48.5 Å². The van der Waals surface area contributed by atoms with Gasteiger partial charge in [-0.2, -0.15) is 0 Å². The fraction of sp³-hybridized carbons (Fsp3) is 0.409. The van der Waals surface area contributed by atoms with Gasteiger partial charge in [-0.3, -0.25) is 4.79 Å². The van der Waals surface area contributed by atoms with E-state index in [-0.39, 0.29) is 11.9 Å². The van der Waals surface area contributed by atoms with Crippen molar-refractivity contribution >= 4 is 11.6 Å². The van der Waals surface area contributed by atoms with Gasteiger partial charge in [0.05, 0.1) is 40.4 Å². The van der Waals surface area contributed by atoms with Gasteiger partial charge in [-0.15, -0.1) is 0 Å². The first-order valence-corrected chi connectivity index (χ1v) is 9.75. The Bertz CT molecular complexity index is 754. The maximum atomic E-state index is 12.6. The van der Waals surface area contributed by atoms with Crippen LogP contribution < -0.4 is 24.6 Å². The van der Waals surface area contributed by atoms with Crippen LogP contribution in [0.4, 0.5) is 5.69 Å². The molecule has 1 heterocycles. The molecule has 1 fully saturated rings. The molecule has 1 aliphatic rings. The number of methoxy groups -OCH3 is 2. The Morgan fingerprint density at radius 2 is 1.54 bits per heavy atom. The van der Waals surface area contributed by atoms with Gasteiger partial charge < -0.3 is 24.6 Å². The van der Waals surface area contributed by atoms with Crippen molar-refractivity contribution in [2.45, 2.75) is 19.5 Å². The van der Waals surface area contributed by atoms with E-state index in [0.29, 0.717) is 6.54 Å². The number of nitrogens with one attached hydrogen (secondary N) is 2. The Hall–Kier alpha value is -2.73. The number of hydrogen-bond donors (Lipinski definition) is 2. The van der Waals surface area contributed by atoms with Gasteiger partial charge in [-0.1, -0.05) is 12.1 Å². The van der Waals surface area contributed by atoms with Crippen molar-refractivity contribution in [3.63, 3.8) is 0 Å². The minimum absolute atomic E-state index is 0.0590. The summed E-state index contributed by atoms with van der Waals surface area (Å²) in [6, 6.07) is 15.9. The van der Waals surface area contributed by atoms with Crippen molar-refractivity contribution in [2.75, 3.05) is 45.3 Å². The second-order valence-corrected chi connectivity index (χ2v) is 7.13. The largest absolute Gasteiger partial charge is 0.497 e. The molecule has 1 aliphatic heterocycles. The van der Waals surface area contributed by atoms with Crippen molar-refractivity contribution in [3.8, 4) is 11.5 Å². The summed E-state index contributed by atoms with van der Waals surface area (Å²) in [5.74, 6) is 1.79. The minimum atomic E-state index is -0.0590. The van der Waals surface area contributed by atoms with E-state index in [4.69, 9.17) is 9.47 Å². The number of rotatable bonds is 7. The van der Waals surface area contributed by atoms with Crippen molar-refractivity contribution in [3.05, 3.63) is 54.1 Å². The SMILES string of the molecule is COc1ccc(CNC(=O)[C@@H](C)[NH+]2CCN(c3ccc(OC)cc3)CC2)cc1. The maximum Gasteiger partial charge on any atom is 0.278 e. The van der Waals surface area contributed by atoms with Gasteiger partial charge in [0.2, 0.25) is 0 Å². The molecule has 0 bridgehead atoms. The first kappa shape index (κ1) is 20.0. The number of quaternary nitrogens is 1. The zero-order chi connectivity index (χ0) is 19.9. The maximum absolute atomic E-state index is 12.6. The number of amides is 1. The lowest BCUT2D eigenvalue weighted by molar-refractivity contribution is -0.914. The highest BCUT2D eigenvalue weighted by Crippen LogP contribution is 2.19. The number of piperazine rings is 1. The van der Waals surface area contributed by atoms with E-state index in [1.54, 1.807) is 14.2 Å². The number of hydrogen-bond acceptors (Lipinski definition) is 4. The van der Waals surface area contributed by atoms with Crippen molar-refractivity contribution in [1.82, 2.24) is 5.32 Å². The lowest BCUT2D eigenvalue weighted by Gasteiger charge is -2.36. The summed E-state index contributed by atoms with van der Waals surface area (Å²) in [4.78, 5) is 16.3. The van der Waals surface area contributed by atoms with Gasteiger partial charge in [-0.25, -0.2) is 0 Å². The summed E-state index contributed by atoms with van der Waals surface area (Å²) in [6.45, 7) is 6.34. The summed E-state index contributed by atoms with van der Waals surface area (Å²) in [5.41, 5.74) is 2.28. The molecule has 150 valence electrons. The van der Waals surface area contributed by atoms with Crippen molar-refractivity contribution < 1.29 is 19.2 Å². The van der Waals surface area contributed by atoms with Crippen LogP contribution in [0.2, 0.25) is 0 Å². The van der Waals surface area contributed by atoms with Gasteiger partial charge in [0, 0.05) is 12.2 Å². The van der Waals surface area contributed by atoms with E-state index in [0.717, 1.165) is 43.2 Å². The third-order valence-corrected chi connectivity index (χ3v) is 5.47. The molecule has 6 nitrogen and oxygen atoms in total. The lowest BCUT2D eigenvalue weighted by atomic mass is 10.1. The van der Waals surface area contributed by atoms with Crippen LogP contribution >= 0.6 is 0 Å². The summed E-state index contributed by atoms with van der Waals surface area (Å²) in [6.07, 6.45) is 0. The Morgan fingerprint density at radius 3 is 2.07 bits per heavy atom. The van der Waals surface area contributed by atoms with Crippen molar-refractivity contribution in [1.29, 1.82) is 0 Å². The normalized spacial score (nSPS) is 15.8. The van der Waals surface area contributed by atoms with Crippen LogP contribution in [-0.2, 0) is 11.3 Å². The van der Waals surface area contributed by atoms with Crippen LogP contribution in [0.25, 0.3) is 0 Å². The molecule has 0 aromatic heterocycles. The second kappa shape index (κ2) is 9.46. The Kier molecular flexibility index (Phi) is 6.76. The predicted octanol–water partition coefficient (Wildman–Crippen LogP) is 1.11. The third-order valence-electron chi connectivity index (χ3n) is 5.47. The predicted molar refractivity (Wildman–Crippen MR) is 110 cm³/mol. The van der Waals surface area contributed by atoms with E-state index in [1.807, 2.05) is 43.3 Å². The zero-order valence-corrected chi connectivity index (χ0v) is 16.9. The number of carbonyl (C=O) groups excluding carboxylic acids is 1. The molecule has 0 aliphatic carbocycles. The number of nitrogens with zero attached hydrogens (tertiary/aromatic N) is 1. The molecule has 2 N–H and O–H groups in total. The molecule has 1 saturated heterocycles. The van der Waals surface area contributed by atoms with Gasteiger partial charge >= 0.3 is 0 Å². The first-order chi connectivity index (χ1) is 13.6.